The fourth-order valence-corrected chi connectivity index (χ4v) is 4.26. The Morgan fingerprint density at radius 2 is 2.04 bits per heavy atom. The minimum atomic E-state index is -3.81. The van der Waals surface area contributed by atoms with E-state index in [9.17, 15) is 22.0 Å². The third-order valence-electron chi connectivity index (χ3n) is 3.39. The van der Waals surface area contributed by atoms with E-state index >= 15 is 0 Å². The Morgan fingerprint density at radius 3 is 2.73 bits per heavy atom. The molecule has 0 fully saturated rings. The molecule has 2 aromatic heterocycles. The molecule has 11 heteroatoms. The van der Waals surface area contributed by atoms with Crippen molar-refractivity contribution >= 4 is 38.4 Å². The van der Waals surface area contributed by atoms with Crippen LogP contribution in [0.3, 0.4) is 0 Å². The van der Waals surface area contributed by atoms with Crippen molar-refractivity contribution in [2.75, 3.05) is 6.54 Å². The van der Waals surface area contributed by atoms with E-state index in [0.29, 0.717) is 10.1 Å². The van der Waals surface area contributed by atoms with Crippen LogP contribution in [0.2, 0.25) is 0 Å². The highest BCUT2D eigenvalue weighted by Gasteiger charge is 2.20. The number of sulfonamides is 1. The summed E-state index contributed by atoms with van der Waals surface area (Å²) in [7, 11) is -3.81. The van der Waals surface area contributed by atoms with Crippen molar-refractivity contribution in [3.05, 3.63) is 47.6 Å². The maximum Gasteiger partial charge on any atom is 0.321 e. The van der Waals surface area contributed by atoms with Crippen LogP contribution in [-0.2, 0) is 26.2 Å². The predicted molar refractivity (Wildman–Crippen MR) is 90.3 cm³/mol. The molecule has 7 nitrogen and oxygen atoms in total. The van der Waals surface area contributed by atoms with E-state index in [1.807, 2.05) is 0 Å². The Kier molecular flexibility index (Phi) is 5.30. The SMILES string of the molecule is O=C(CNS(=O)(=O)c1cccs1)OCc1nc2ccccc2n1C(F)F. The van der Waals surface area contributed by atoms with Crippen molar-refractivity contribution in [3.8, 4) is 0 Å². The van der Waals surface area contributed by atoms with Gasteiger partial charge in [-0.15, -0.1) is 11.3 Å². The second-order valence-electron chi connectivity index (χ2n) is 5.08. The number of halogens is 2. The molecule has 3 aromatic rings. The van der Waals surface area contributed by atoms with E-state index < -0.39 is 35.7 Å². The monoisotopic (exact) mass is 401 g/mol. The van der Waals surface area contributed by atoms with Gasteiger partial charge >= 0.3 is 12.5 Å². The van der Waals surface area contributed by atoms with Gasteiger partial charge in [0.25, 0.3) is 10.0 Å². The number of aromatic nitrogens is 2. The number of carbonyl (C=O) groups excluding carboxylic acids is 1. The fraction of sp³-hybridized carbons (Fsp3) is 0.200. The molecule has 0 aliphatic heterocycles. The zero-order valence-electron chi connectivity index (χ0n) is 13.1. The molecular formula is C15H13F2N3O4S2. The lowest BCUT2D eigenvalue weighted by molar-refractivity contribution is -0.144. The Morgan fingerprint density at radius 1 is 1.27 bits per heavy atom. The molecule has 0 unspecified atom stereocenters. The number of carbonyl (C=O) groups is 1. The number of benzene rings is 1. The van der Waals surface area contributed by atoms with Crippen LogP contribution in [0.25, 0.3) is 11.0 Å². The molecule has 0 spiro atoms. The lowest BCUT2D eigenvalue weighted by atomic mass is 10.3. The molecule has 0 amide bonds. The molecule has 0 atom stereocenters. The quantitative estimate of drug-likeness (QED) is 0.615. The summed E-state index contributed by atoms with van der Waals surface area (Å²) in [5, 5.41) is 1.59. The minimum Gasteiger partial charge on any atom is -0.457 e. The number of hydrogen-bond donors (Lipinski definition) is 1. The van der Waals surface area contributed by atoms with Gasteiger partial charge in [-0.1, -0.05) is 18.2 Å². The summed E-state index contributed by atoms with van der Waals surface area (Å²) in [4.78, 5) is 15.8. The van der Waals surface area contributed by atoms with Crippen molar-refractivity contribution in [3.63, 3.8) is 0 Å². The summed E-state index contributed by atoms with van der Waals surface area (Å²) in [5.74, 6) is -1.03. The van der Waals surface area contributed by atoms with Gasteiger partial charge in [-0.25, -0.2) is 13.4 Å². The van der Waals surface area contributed by atoms with Crippen LogP contribution in [0.1, 0.15) is 12.4 Å². The van der Waals surface area contributed by atoms with E-state index in [2.05, 4.69) is 9.71 Å². The number of esters is 1. The first-order valence-electron chi connectivity index (χ1n) is 7.31. The third kappa shape index (κ3) is 3.89. The van der Waals surface area contributed by atoms with Crippen molar-refractivity contribution in [2.45, 2.75) is 17.4 Å². The van der Waals surface area contributed by atoms with Crippen LogP contribution in [0.5, 0.6) is 0 Å². The molecule has 0 saturated heterocycles. The van der Waals surface area contributed by atoms with Crippen molar-refractivity contribution in [1.29, 1.82) is 0 Å². The van der Waals surface area contributed by atoms with E-state index in [-0.39, 0.29) is 15.6 Å². The Balaban J connectivity index is 1.65. The van der Waals surface area contributed by atoms with Gasteiger partial charge in [0.1, 0.15) is 17.4 Å². The van der Waals surface area contributed by atoms with E-state index in [4.69, 9.17) is 4.74 Å². The summed E-state index contributed by atoms with van der Waals surface area (Å²) in [5.41, 5.74) is 0.559. The minimum absolute atomic E-state index is 0.0600. The van der Waals surface area contributed by atoms with Gasteiger partial charge in [-0.2, -0.15) is 13.5 Å². The highest BCUT2D eigenvalue weighted by atomic mass is 32.2. The average molecular weight is 401 g/mol. The molecular weight excluding hydrogens is 388 g/mol. The topological polar surface area (TPSA) is 90.3 Å². The van der Waals surface area contributed by atoms with Gasteiger partial charge < -0.3 is 4.74 Å². The van der Waals surface area contributed by atoms with E-state index in [1.54, 1.807) is 29.6 Å². The highest BCUT2D eigenvalue weighted by Crippen LogP contribution is 2.23. The number of thiophene rings is 1. The second-order valence-corrected chi connectivity index (χ2v) is 8.02. The molecule has 2 heterocycles. The zero-order chi connectivity index (χ0) is 18.7. The van der Waals surface area contributed by atoms with Crippen molar-refractivity contribution in [1.82, 2.24) is 14.3 Å². The van der Waals surface area contributed by atoms with Gasteiger partial charge in [0.15, 0.2) is 5.82 Å². The summed E-state index contributed by atoms with van der Waals surface area (Å²) >= 11 is 1.00. The lowest BCUT2D eigenvalue weighted by Crippen LogP contribution is -2.30. The molecule has 0 bridgehead atoms. The van der Waals surface area contributed by atoms with Gasteiger partial charge in [0, 0.05) is 0 Å². The molecule has 0 saturated carbocycles. The summed E-state index contributed by atoms with van der Waals surface area (Å²) < 4.78 is 58.1. The van der Waals surface area contributed by atoms with E-state index in [1.165, 1.54) is 12.1 Å². The maximum atomic E-state index is 13.3. The van der Waals surface area contributed by atoms with Crippen LogP contribution in [0, 0.1) is 0 Å². The Bertz CT molecular complexity index is 1020. The molecule has 0 radical (unpaired) electrons. The number of rotatable bonds is 7. The first kappa shape index (κ1) is 18.4. The Labute approximate surface area is 151 Å². The van der Waals surface area contributed by atoms with Crippen LogP contribution in [-0.4, -0.2) is 30.5 Å². The fourth-order valence-electron chi connectivity index (χ4n) is 2.25. The number of para-hydroxylation sites is 2. The maximum absolute atomic E-state index is 13.3. The number of fused-ring (bicyclic) bond motifs is 1. The third-order valence-corrected chi connectivity index (χ3v) is 6.19. The highest BCUT2D eigenvalue weighted by molar-refractivity contribution is 7.91. The molecule has 0 aliphatic carbocycles. The number of nitrogens with one attached hydrogen (secondary N) is 1. The van der Waals surface area contributed by atoms with Gasteiger partial charge in [0.05, 0.1) is 11.0 Å². The summed E-state index contributed by atoms with van der Waals surface area (Å²) in [6.07, 6.45) is 0. The van der Waals surface area contributed by atoms with Crippen molar-refractivity contribution in [2.24, 2.45) is 0 Å². The average Bonchev–Trinajstić information content (AvgIpc) is 3.25. The van der Waals surface area contributed by atoms with Gasteiger partial charge in [-0.3, -0.25) is 9.36 Å². The van der Waals surface area contributed by atoms with Gasteiger partial charge in [0.2, 0.25) is 0 Å². The van der Waals surface area contributed by atoms with Crippen LogP contribution >= 0.6 is 11.3 Å². The number of nitrogens with zero attached hydrogens (tertiary/aromatic N) is 2. The first-order valence-corrected chi connectivity index (χ1v) is 9.67. The smallest absolute Gasteiger partial charge is 0.321 e. The van der Waals surface area contributed by atoms with Crippen LogP contribution < -0.4 is 4.72 Å². The molecule has 3 rings (SSSR count). The summed E-state index contributed by atoms with van der Waals surface area (Å²) in [6, 6.07) is 9.25. The molecule has 26 heavy (non-hydrogen) atoms. The lowest BCUT2D eigenvalue weighted by Gasteiger charge is -2.09. The number of imidazole rings is 1. The van der Waals surface area contributed by atoms with E-state index in [0.717, 1.165) is 11.3 Å². The van der Waals surface area contributed by atoms with Crippen LogP contribution in [0.15, 0.2) is 46.0 Å². The molecule has 138 valence electrons. The van der Waals surface area contributed by atoms with Gasteiger partial charge in [-0.05, 0) is 23.6 Å². The number of alkyl halides is 2. The molecule has 1 N–H and O–H groups in total. The molecule has 1 aromatic carbocycles. The standard InChI is InChI=1S/C15H13F2N3O4S2/c16-15(17)20-11-5-2-1-4-10(11)19-12(20)9-24-13(21)8-18-26(22,23)14-6-3-7-25-14/h1-7,15,18H,8-9H2. The Hall–Kier alpha value is -2.37. The normalized spacial score (nSPS) is 12.0. The first-order chi connectivity index (χ1) is 12.4. The summed E-state index contributed by atoms with van der Waals surface area (Å²) in [6.45, 7) is -3.97. The van der Waals surface area contributed by atoms with Crippen molar-refractivity contribution < 1.29 is 26.7 Å². The number of hydrogen-bond acceptors (Lipinski definition) is 6. The van der Waals surface area contributed by atoms with Crippen LogP contribution in [0.4, 0.5) is 8.78 Å². The largest absolute Gasteiger partial charge is 0.457 e. The zero-order valence-corrected chi connectivity index (χ0v) is 14.8. The predicted octanol–water partition coefficient (Wildman–Crippen LogP) is 2.51. The number of ether oxygens (including phenoxy) is 1. The molecule has 0 aliphatic rings. The second kappa shape index (κ2) is 7.48.